The molecule has 1 N–H and O–H groups in total. The summed E-state index contributed by atoms with van der Waals surface area (Å²) in [4.78, 5) is 8.12. The van der Waals surface area contributed by atoms with E-state index in [1.165, 1.54) is 30.5 Å². The molecule has 0 spiro atoms. The summed E-state index contributed by atoms with van der Waals surface area (Å²) in [5.74, 6) is -0.0566. The number of benzene rings is 1. The fourth-order valence-corrected chi connectivity index (χ4v) is 2.19. The van der Waals surface area contributed by atoms with Crippen LogP contribution in [0, 0.1) is 5.82 Å². The number of hydrogen-bond acceptors (Lipinski definition) is 5. The highest BCUT2D eigenvalue weighted by atomic mass is 79.9. The fourth-order valence-electron chi connectivity index (χ4n) is 1.66. The van der Waals surface area contributed by atoms with Gasteiger partial charge in [-0.3, -0.25) is 0 Å². The van der Waals surface area contributed by atoms with Crippen molar-refractivity contribution in [1.29, 1.82) is 0 Å². The molecule has 2 heterocycles. The highest BCUT2D eigenvalue weighted by Gasteiger charge is 2.16. The van der Waals surface area contributed by atoms with Gasteiger partial charge in [0.1, 0.15) is 11.6 Å². The van der Waals surface area contributed by atoms with Crippen molar-refractivity contribution < 1.29 is 14.0 Å². The lowest BCUT2D eigenvalue weighted by atomic mass is 10.2. The average Bonchev–Trinajstić information content (AvgIpc) is 2.88. The van der Waals surface area contributed by atoms with Crippen LogP contribution in [0.4, 0.5) is 4.39 Å². The third-order valence-electron chi connectivity index (χ3n) is 2.59. The van der Waals surface area contributed by atoms with Gasteiger partial charge < -0.3 is 9.63 Å². The topological polar surface area (TPSA) is 72.0 Å². The van der Waals surface area contributed by atoms with Gasteiger partial charge in [0.05, 0.1) is 0 Å². The van der Waals surface area contributed by atoms with Crippen molar-refractivity contribution in [3.8, 4) is 28.7 Å². The Labute approximate surface area is 121 Å². The predicted molar refractivity (Wildman–Crippen MR) is 72.3 cm³/mol. The maximum atomic E-state index is 13.0. The van der Waals surface area contributed by atoms with Gasteiger partial charge in [-0.15, -0.1) is 0 Å². The molecule has 7 heteroatoms. The third-order valence-corrected chi connectivity index (χ3v) is 3.24. The summed E-state index contributed by atoms with van der Waals surface area (Å²) >= 11 is 3.24. The molecule has 0 aliphatic rings. The van der Waals surface area contributed by atoms with Gasteiger partial charge in [0.15, 0.2) is 5.69 Å². The lowest BCUT2D eigenvalue weighted by molar-refractivity contribution is 0.423. The molecule has 5 nitrogen and oxygen atoms in total. The van der Waals surface area contributed by atoms with E-state index in [4.69, 9.17) is 4.52 Å². The van der Waals surface area contributed by atoms with Crippen molar-refractivity contribution in [2.45, 2.75) is 0 Å². The van der Waals surface area contributed by atoms with Gasteiger partial charge in [0.2, 0.25) is 5.82 Å². The molecule has 3 rings (SSSR count). The third kappa shape index (κ3) is 2.27. The molecule has 100 valence electrons. The molecule has 0 radical (unpaired) electrons. The molecule has 0 saturated carbocycles. The van der Waals surface area contributed by atoms with E-state index in [9.17, 15) is 9.50 Å². The minimum atomic E-state index is -0.369. The number of aromatic hydroxyl groups is 1. The first-order chi connectivity index (χ1) is 9.65. The Morgan fingerprint density at radius 3 is 2.85 bits per heavy atom. The molecule has 0 aliphatic heterocycles. The lowest BCUT2D eigenvalue weighted by Crippen LogP contribution is -1.86. The number of pyridine rings is 1. The molecule has 0 saturated heterocycles. The van der Waals surface area contributed by atoms with Crippen LogP contribution in [0.15, 0.2) is 45.5 Å². The van der Waals surface area contributed by atoms with Crippen molar-refractivity contribution in [2.24, 2.45) is 0 Å². The summed E-state index contributed by atoms with van der Waals surface area (Å²) in [7, 11) is 0. The predicted octanol–water partition coefficient (Wildman–Crippen LogP) is 3.41. The maximum Gasteiger partial charge on any atom is 0.280 e. The smallest absolute Gasteiger partial charge is 0.280 e. The highest BCUT2D eigenvalue weighted by molar-refractivity contribution is 9.10. The van der Waals surface area contributed by atoms with Crippen molar-refractivity contribution in [3.63, 3.8) is 0 Å². The Bertz CT molecular complexity index is 776. The Kier molecular flexibility index (Phi) is 3.19. The van der Waals surface area contributed by atoms with Gasteiger partial charge in [0, 0.05) is 16.2 Å². The van der Waals surface area contributed by atoms with E-state index < -0.39 is 0 Å². The van der Waals surface area contributed by atoms with Crippen LogP contribution in [0.5, 0.6) is 5.75 Å². The van der Waals surface area contributed by atoms with E-state index in [1.54, 1.807) is 6.07 Å². The van der Waals surface area contributed by atoms with E-state index in [0.717, 1.165) is 0 Å². The maximum absolute atomic E-state index is 13.0. The molecule has 1 aromatic carbocycles. The first-order valence-corrected chi connectivity index (χ1v) is 6.38. The summed E-state index contributed by atoms with van der Waals surface area (Å²) in [5, 5.41) is 13.5. The zero-order chi connectivity index (χ0) is 14.1. The molecule has 20 heavy (non-hydrogen) atoms. The molecule has 3 aromatic rings. The molecular weight excluding hydrogens is 329 g/mol. The second kappa shape index (κ2) is 5.01. The SMILES string of the molecule is Oc1cccnc1-c1nc(-c2ccc(F)cc2Br)no1. The molecule has 0 fully saturated rings. The quantitative estimate of drug-likeness (QED) is 0.776. The minimum Gasteiger partial charge on any atom is -0.505 e. The van der Waals surface area contributed by atoms with Gasteiger partial charge in [0.25, 0.3) is 5.89 Å². The van der Waals surface area contributed by atoms with Crippen molar-refractivity contribution in [3.05, 3.63) is 46.8 Å². The second-order valence-corrected chi connectivity index (χ2v) is 4.77. The lowest BCUT2D eigenvalue weighted by Gasteiger charge is -1.98. The van der Waals surface area contributed by atoms with Gasteiger partial charge in [-0.2, -0.15) is 4.98 Å². The summed E-state index contributed by atoms with van der Waals surface area (Å²) < 4.78 is 18.6. The van der Waals surface area contributed by atoms with Crippen LogP contribution < -0.4 is 0 Å². The minimum absolute atomic E-state index is 0.0547. The molecule has 0 bridgehead atoms. The van der Waals surface area contributed by atoms with Crippen LogP contribution in [0.3, 0.4) is 0 Å². The second-order valence-electron chi connectivity index (χ2n) is 3.92. The van der Waals surface area contributed by atoms with Crippen LogP contribution in [0.25, 0.3) is 23.0 Å². The van der Waals surface area contributed by atoms with Crippen molar-refractivity contribution >= 4 is 15.9 Å². The number of hydrogen-bond donors (Lipinski definition) is 1. The van der Waals surface area contributed by atoms with Gasteiger partial charge in [-0.05, 0) is 46.3 Å². The van der Waals surface area contributed by atoms with Gasteiger partial charge >= 0.3 is 0 Å². The van der Waals surface area contributed by atoms with E-state index in [-0.39, 0.29) is 29.0 Å². The average molecular weight is 336 g/mol. The number of aromatic nitrogens is 3. The van der Waals surface area contributed by atoms with E-state index in [1.807, 2.05) is 0 Å². The summed E-state index contributed by atoms with van der Waals surface area (Å²) in [5.41, 5.74) is 0.779. The standard InChI is InChI=1S/C13H7BrFN3O2/c14-9-6-7(15)3-4-8(9)12-17-13(20-18-12)11-10(19)2-1-5-16-11/h1-6,19H. The Balaban J connectivity index is 2.04. The van der Waals surface area contributed by atoms with Crippen LogP contribution in [0.1, 0.15) is 0 Å². The van der Waals surface area contributed by atoms with Crippen LogP contribution in [0.2, 0.25) is 0 Å². The summed E-state index contributed by atoms with van der Waals surface area (Å²) in [6, 6.07) is 7.21. The number of halogens is 2. The van der Waals surface area contributed by atoms with E-state index in [2.05, 4.69) is 31.1 Å². The molecule has 0 atom stereocenters. The summed E-state index contributed by atoms with van der Waals surface area (Å²) in [6.07, 6.45) is 1.51. The highest BCUT2D eigenvalue weighted by Crippen LogP contribution is 2.30. The Morgan fingerprint density at radius 1 is 1.25 bits per heavy atom. The monoisotopic (exact) mass is 335 g/mol. The molecular formula is C13H7BrFN3O2. The van der Waals surface area contributed by atoms with Crippen LogP contribution in [-0.4, -0.2) is 20.2 Å². The van der Waals surface area contributed by atoms with Gasteiger partial charge in [-0.1, -0.05) is 5.16 Å². The first kappa shape index (κ1) is 12.7. The molecule has 0 unspecified atom stereocenters. The zero-order valence-corrected chi connectivity index (χ0v) is 11.5. The largest absolute Gasteiger partial charge is 0.505 e. The zero-order valence-electron chi connectivity index (χ0n) is 9.92. The van der Waals surface area contributed by atoms with Gasteiger partial charge in [-0.25, -0.2) is 9.37 Å². The van der Waals surface area contributed by atoms with E-state index >= 15 is 0 Å². The number of nitrogens with zero attached hydrogens (tertiary/aromatic N) is 3. The normalized spacial score (nSPS) is 10.7. The van der Waals surface area contributed by atoms with Crippen LogP contribution >= 0.6 is 15.9 Å². The van der Waals surface area contributed by atoms with E-state index in [0.29, 0.717) is 10.0 Å². The van der Waals surface area contributed by atoms with Crippen molar-refractivity contribution in [1.82, 2.24) is 15.1 Å². The Hall–Kier alpha value is -2.28. The Morgan fingerprint density at radius 2 is 2.10 bits per heavy atom. The van der Waals surface area contributed by atoms with Crippen LogP contribution in [-0.2, 0) is 0 Å². The van der Waals surface area contributed by atoms with Crippen molar-refractivity contribution in [2.75, 3.05) is 0 Å². The molecule has 2 aromatic heterocycles. The molecule has 0 aliphatic carbocycles. The summed E-state index contributed by atoms with van der Waals surface area (Å²) in [6.45, 7) is 0. The first-order valence-electron chi connectivity index (χ1n) is 5.58. The number of rotatable bonds is 2. The molecule has 0 amide bonds. The fraction of sp³-hybridized carbons (Fsp3) is 0.